The van der Waals surface area contributed by atoms with Crippen molar-refractivity contribution in [1.29, 1.82) is 0 Å². The van der Waals surface area contributed by atoms with Crippen LogP contribution in [-0.4, -0.2) is 79.0 Å². The number of fused-ring (bicyclic) bond motifs is 2. The van der Waals surface area contributed by atoms with Gasteiger partial charge in [-0.2, -0.15) is 13.2 Å². The van der Waals surface area contributed by atoms with Gasteiger partial charge in [-0.1, -0.05) is 17.3 Å². The zero-order valence-corrected chi connectivity index (χ0v) is 19.6. The second-order valence-corrected chi connectivity index (χ2v) is 9.77. The van der Waals surface area contributed by atoms with Crippen molar-refractivity contribution in [2.24, 2.45) is 0 Å². The highest BCUT2D eigenvalue weighted by atomic mass is 19.4. The van der Waals surface area contributed by atoms with Gasteiger partial charge in [0.2, 0.25) is 5.65 Å². The average molecular weight is 498 g/mol. The number of nitrogens with zero attached hydrogens (tertiary/aromatic N) is 7. The van der Waals surface area contributed by atoms with Crippen molar-refractivity contribution in [3.05, 3.63) is 54.4 Å². The van der Waals surface area contributed by atoms with Crippen LogP contribution >= 0.6 is 0 Å². The van der Waals surface area contributed by atoms with Gasteiger partial charge in [-0.15, -0.1) is 5.10 Å². The molecule has 0 unspecified atom stereocenters. The van der Waals surface area contributed by atoms with Crippen LogP contribution in [0.4, 0.5) is 18.9 Å². The van der Waals surface area contributed by atoms with Crippen molar-refractivity contribution in [3.63, 3.8) is 0 Å². The van der Waals surface area contributed by atoms with Gasteiger partial charge in [-0.3, -0.25) is 9.88 Å². The number of pyridine rings is 2. The second kappa shape index (κ2) is 8.67. The molecule has 0 aliphatic carbocycles. The van der Waals surface area contributed by atoms with Crippen molar-refractivity contribution in [3.8, 4) is 0 Å². The van der Waals surface area contributed by atoms with Gasteiger partial charge in [0.05, 0.1) is 23.9 Å². The van der Waals surface area contributed by atoms with Crippen molar-refractivity contribution in [2.75, 3.05) is 31.1 Å². The number of hydrogen-bond donors (Lipinski definition) is 1. The minimum atomic E-state index is -4.58. The number of anilines is 1. The summed E-state index contributed by atoms with van der Waals surface area (Å²) in [6.45, 7) is 2.52. The van der Waals surface area contributed by atoms with Crippen LogP contribution in [-0.2, 0) is 6.54 Å². The third-order valence-corrected chi connectivity index (χ3v) is 7.56. The zero-order valence-electron chi connectivity index (χ0n) is 19.6. The molecule has 2 fully saturated rings. The molecule has 1 atom stereocenters. The summed E-state index contributed by atoms with van der Waals surface area (Å²) in [5.41, 5.74) is 1.80. The number of hydrogen-bond acceptors (Lipinski definition) is 7. The highest BCUT2D eigenvalue weighted by Crippen LogP contribution is 2.39. The molecule has 6 rings (SSSR count). The van der Waals surface area contributed by atoms with Gasteiger partial charge >= 0.3 is 6.18 Å². The summed E-state index contributed by atoms with van der Waals surface area (Å²) >= 11 is 0. The first-order valence-electron chi connectivity index (χ1n) is 12.1. The van der Waals surface area contributed by atoms with Gasteiger partial charge < -0.3 is 10.0 Å². The summed E-state index contributed by atoms with van der Waals surface area (Å²) in [5.74, 6) is 0. The Morgan fingerprint density at radius 3 is 2.69 bits per heavy atom. The number of benzene rings is 1. The lowest BCUT2D eigenvalue weighted by atomic mass is 9.90. The summed E-state index contributed by atoms with van der Waals surface area (Å²) in [7, 11) is 0. The Hall–Kier alpha value is -3.31. The van der Waals surface area contributed by atoms with Crippen LogP contribution in [0.2, 0.25) is 0 Å². The van der Waals surface area contributed by atoms with Gasteiger partial charge in [0.15, 0.2) is 5.60 Å². The summed E-state index contributed by atoms with van der Waals surface area (Å²) in [5, 5.41) is 19.6. The van der Waals surface area contributed by atoms with E-state index < -0.39 is 11.8 Å². The van der Waals surface area contributed by atoms with Crippen molar-refractivity contribution in [2.45, 2.75) is 43.6 Å². The van der Waals surface area contributed by atoms with Crippen LogP contribution in [0.15, 0.2) is 48.8 Å². The molecule has 0 bridgehead atoms. The van der Waals surface area contributed by atoms with E-state index in [1.54, 1.807) is 12.4 Å². The molecule has 36 heavy (non-hydrogen) atoms. The largest absolute Gasteiger partial charge is 0.417 e. The molecule has 3 aromatic heterocycles. The highest BCUT2D eigenvalue weighted by molar-refractivity contribution is 5.79. The summed E-state index contributed by atoms with van der Waals surface area (Å²) in [6, 6.07) is 12.2. The molecule has 1 N–H and O–H groups in total. The van der Waals surface area contributed by atoms with Gasteiger partial charge in [-0.05, 0) is 49.1 Å². The van der Waals surface area contributed by atoms with Crippen molar-refractivity contribution >= 4 is 27.8 Å². The molecule has 0 amide bonds. The molecule has 0 saturated carbocycles. The van der Waals surface area contributed by atoms with Crippen LogP contribution in [0, 0.1) is 0 Å². The molecule has 4 aromatic rings. The van der Waals surface area contributed by atoms with E-state index in [-0.39, 0.29) is 32.0 Å². The highest BCUT2D eigenvalue weighted by Gasteiger charge is 2.55. The smallest absolute Gasteiger partial charge is 0.380 e. The summed E-state index contributed by atoms with van der Waals surface area (Å²) in [4.78, 5) is 13.2. The van der Waals surface area contributed by atoms with Crippen LogP contribution in [0.3, 0.4) is 0 Å². The number of halogens is 3. The van der Waals surface area contributed by atoms with Gasteiger partial charge in [0.25, 0.3) is 0 Å². The van der Waals surface area contributed by atoms with Crippen molar-refractivity contribution < 1.29 is 18.3 Å². The Morgan fingerprint density at radius 1 is 1.06 bits per heavy atom. The van der Waals surface area contributed by atoms with E-state index in [1.165, 1.54) is 0 Å². The molecule has 11 heteroatoms. The molecule has 188 valence electrons. The first-order valence-corrected chi connectivity index (χ1v) is 12.1. The number of piperidine rings is 1. The average Bonchev–Trinajstić information content (AvgIpc) is 3.51. The van der Waals surface area contributed by atoms with E-state index in [0.717, 1.165) is 40.6 Å². The molecule has 0 radical (unpaired) electrons. The number of rotatable bonds is 4. The molecule has 0 spiro atoms. The standard InChI is InChI=1S/C25H26F3N7O/c26-25(27,28)24(36)6-10-33(11-7-24)19-5-9-34(16-19)20-13-22-23(30-14-20)31-32-35(22)15-17-3-4-21-18(12-17)2-1-8-29-21/h1-4,8,12-14,19,36H,5-7,9-11,15-16H2/t19-/m0/s1. The molecular formula is C25H26F3N7O. The minimum Gasteiger partial charge on any atom is -0.380 e. The first-order chi connectivity index (χ1) is 17.3. The lowest BCUT2D eigenvalue weighted by Crippen LogP contribution is -2.55. The fourth-order valence-electron chi connectivity index (χ4n) is 5.35. The maximum atomic E-state index is 13.2. The molecular weight excluding hydrogens is 471 g/mol. The quantitative estimate of drug-likeness (QED) is 0.463. The van der Waals surface area contributed by atoms with Gasteiger partial charge in [0, 0.05) is 43.8 Å². The number of likely N-dealkylation sites (tertiary alicyclic amines) is 1. The van der Waals surface area contributed by atoms with Crippen LogP contribution < -0.4 is 4.90 Å². The van der Waals surface area contributed by atoms with Gasteiger partial charge in [0.1, 0.15) is 5.52 Å². The number of aliphatic hydroxyl groups is 1. The monoisotopic (exact) mass is 497 g/mol. The predicted molar refractivity (Wildman–Crippen MR) is 129 cm³/mol. The van der Waals surface area contributed by atoms with E-state index in [1.807, 2.05) is 35.0 Å². The molecule has 8 nitrogen and oxygen atoms in total. The van der Waals surface area contributed by atoms with E-state index in [4.69, 9.17) is 0 Å². The number of alkyl halides is 3. The molecule has 2 saturated heterocycles. The van der Waals surface area contributed by atoms with E-state index in [9.17, 15) is 18.3 Å². The third-order valence-electron chi connectivity index (χ3n) is 7.56. The van der Waals surface area contributed by atoms with Crippen LogP contribution in [0.5, 0.6) is 0 Å². The lowest BCUT2D eigenvalue weighted by molar-refractivity contribution is -0.273. The van der Waals surface area contributed by atoms with Crippen LogP contribution in [0.1, 0.15) is 24.8 Å². The fraction of sp³-hybridized carbons (Fsp3) is 0.440. The molecule has 5 heterocycles. The minimum absolute atomic E-state index is 0.146. The zero-order chi connectivity index (χ0) is 24.9. The first kappa shape index (κ1) is 23.1. The molecule has 1 aromatic carbocycles. The Labute approximate surface area is 205 Å². The maximum Gasteiger partial charge on any atom is 0.417 e. The predicted octanol–water partition coefficient (Wildman–Crippen LogP) is 3.39. The second-order valence-electron chi connectivity index (χ2n) is 9.77. The summed E-state index contributed by atoms with van der Waals surface area (Å²) < 4.78 is 41.3. The maximum absolute atomic E-state index is 13.2. The van der Waals surface area contributed by atoms with E-state index >= 15 is 0 Å². The topological polar surface area (TPSA) is 83.2 Å². The molecule has 2 aliphatic rings. The Kier molecular flexibility index (Phi) is 5.56. The van der Waals surface area contributed by atoms with Crippen LogP contribution in [0.25, 0.3) is 22.1 Å². The van der Waals surface area contributed by atoms with Crippen molar-refractivity contribution in [1.82, 2.24) is 29.9 Å². The third kappa shape index (κ3) is 4.16. The van der Waals surface area contributed by atoms with E-state index in [0.29, 0.717) is 18.7 Å². The summed E-state index contributed by atoms with van der Waals surface area (Å²) in [6.07, 6.45) is -0.735. The molecule has 2 aliphatic heterocycles. The number of aromatic nitrogens is 5. The Balaban J connectivity index is 1.16. The Morgan fingerprint density at radius 2 is 1.89 bits per heavy atom. The lowest BCUT2D eigenvalue weighted by Gasteiger charge is -2.41. The normalized spacial score (nSPS) is 21.0. The van der Waals surface area contributed by atoms with Gasteiger partial charge in [-0.25, -0.2) is 9.67 Å². The Bertz CT molecular complexity index is 1400. The van der Waals surface area contributed by atoms with E-state index in [2.05, 4.69) is 36.1 Å². The SMILES string of the molecule is OC1(C(F)(F)F)CCN([C@H]2CCN(c3cnc4nnn(Cc5ccc6ncccc6c5)c4c3)C2)CC1. The fourth-order valence-corrected chi connectivity index (χ4v) is 5.35.